The minimum absolute atomic E-state index is 0.0600. The molecule has 1 saturated carbocycles. The van der Waals surface area contributed by atoms with E-state index in [2.05, 4.69) is 24.3 Å². The molecule has 80 valence electrons. The maximum atomic E-state index is 6.16. The van der Waals surface area contributed by atoms with E-state index in [1.165, 1.54) is 11.1 Å². The zero-order valence-electron chi connectivity index (χ0n) is 8.61. The van der Waals surface area contributed by atoms with Crippen molar-refractivity contribution in [3.63, 3.8) is 0 Å². The first-order valence-corrected chi connectivity index (χ1v) is 5.37. The number of benzene rings is 1. The molecule has 2 fully saturated rings. The Hall–Kier alpha value is -0.900. The van der Waals surface area contributed by atoms with Gasteiger partial charge in [0.05, 0.1) is 6.61 Å². The highest BCUT2D eigenvalue weighted by molar-refractivity contribution is 5.34. The van der Waals surface area contributed by atoms with Crippen LogP contribution in [0.4, 0.5) is 0 Å². The van der Waals surface area contributed by atoms with Crippen molar-refractivity contribution >= 4 is 0 Å². The zero-order chi connectivity index (χ0) is 10.3. The van der Waals surface area contributed by atoms with Crippen LogP contribution in [0.3, 0.4) is 0 Å². The molecule has 15 heavy (non-hydrogen) atoms. The Morgan fingerprint density at radius 2 is 2.20 bits per heavy atom. The van der Waals surface area contributed by atoms with Crippen LogP contribution in [0.15, 0.2) is 24.3 Å². The molecule has 1 heterocycles. The predicted octanol–water partition coefficient (Wildman–Crippen LogP) is 1.68. The molecule has 1 aromatic carbocycles. The van der Waals surface area contributed by atoms with Crippen molar-refractivity contribution in [2.24, 2.45) is 5.73 Å². The summed E-state index contributed by atoms with van der Waals surface area (Å²) >= 11 is 0. The Morgan fingerprint density at radius 1 is 1.33 bits per heavy atom. The monoisotopic (exact) mass is 205 g/mol. The summed E-state index contributed by atoms with van der Waals surface area (Å²) in [6, 6.07) is 8.40. The molecule has 2 N–H and O–H groups in total. The Labute approximate surface area is 89.2 Å². The average Bonchev–Trinajstić information content (AvgIpc) is 2.84. The number of rotatable bonds is 2. The van der Waals surface area contributed by atoms with Gasteiger partial charge in [0.15, 0.2) is 0 Å². The second kappa shape index (κ2) is 3.30. The Morgan fingerprint density at radius 3 is 2.87 bits per heavy atom. The van der Waals surface area contributed by atoms with E-state index in [-0.39, 0.29) is 11.6 Å². The number of hydrogen-bond acceptors (Lipinski definition) is 3. The van der Waals surface area contributed by atoms with Gasteiger partial charge in [-0.3, -0.25) is 0 Å². The molecule has 1 aromatic rings. The fourth-order valence-corrected chi connectivity index (χ4v) is 2.00. The summed E-state index contributed by atoms with van der Waals surface area (Å²) in [5.74, 6) is 0. The van der Waals surface area contributed by atoms with Crippen LogP contribution in [-0.2, 0) is 15.0 Å². The maximum absolute atomic E-state index is 6.16. The minimum atomic E-state index is -0.0600. The Bertz CT molecular complexity index is 368. The van der Waals surface area contributed by atoms with Crippen molar-refractivity contribution in [2.75, 3.05) is 13.4 Å². The number of hydrogen-bond donors (Lipinski definition) is 1. The minimum Gasteiger partial charge on any atom is -0.352 e. The van der Waals surface area contributed by atoms with Gasteiger partial charge in [0.25, 0.3) is 0 Å². The highest BCUT2D eigenvalue weighted by Crippen LogP contribution is 2.43. The molecule has 3 rings (SSSR count). The van der Waals surface area contributed by atoms with Crippen LogP contribution >= 0.6 is 0 Å². The summed E-state index contributed by atoms with van der Waals surface area (Å²) in [7, 11) is 0. The third kappa shape index (κ3) is 1.67. The van der Waals surface area contributed by atoms with E-state index in [4.69, 9.17) is 15.2 Å². The van der Waals surface area contributed by atoms with Gasteiger partial charge < -0.3 is 15.2 Å². The number of nitrogens with two attached hydrogens (primary N) is 1. The van der Waals surface area contributed by atoms with Crippen LogP contribution in [-0.4, -0.2) is 13.4 Å². The molecule has 0 radical (unpaired) electrons. The standard InChI is InChI=1S/C12H15NO2/c13-12(4-5-12)10-3-1-2-9(6-10)11-7-14-8-15-11/h1-3,6,11H,4-5,7-8,13H2. The molecule has 3 nitrogen and oxygen atoms in total. The summed E-state index contributed by atoms with van der Waals surface area (Å²) in [6.07, 6.45) is 2.28. The largest absolute Gasteiger partial charge is 0.352 e. The summed E-state index contributed by atoms with van der Waals surface area (Å²) in [5, 5.41) is 0. The van der Waals surface area contributed by atoms with Crippen molar-refractivity contribution in [3.8, 4) is 0 Å². The van der Waals surface area contributed by atoms with E-state index in [1.54, 1.807) is 0 Å². The van der Waals surface area contributed by atoms with Gasteiger partial charge in [-0.05, 0) is 24.0 Å². The molecular formula is C12H15NO2. The molecule has 1 atom stereocenters. The molecule has 0 bridgehead atoms. The molecule has 0 spiro atoms. The van der Waals surface area contributed by atoms with Gasteiger partial charge in [0, 0.05) is 5.54 Å². The second-order valence-electron chi connectivity index (χ2n) is 4.43. The summed E-state index contributed by atoms with van der Waals surface area (Å²) in [5.41, 5.74) is 8.52. The van der Waals surface area contributed by atoms with E-state index in [0.717, 1.165) is 12.8 Å². The number of ether oxygens (including phenoxy) is 2. The first-order valence-electron chi connectivity index (χ1n) is 5.37. The fourth-order valence-electron chi connectivity index (χ4n) is 2.00. The molecule has 2 aliphatic rings. The summed E-state index contributed by atoms with van der Waals surface area (Å²) in [4.78, 5) is 0. The Balaban J connectivity index is 1.89. The van der Waals surface area contributed by atoms with Crippen molar-refractivity contribution in [3.05, 3.63) is 35.4 Å². The van der Waals surface area contributed by atoms with Crippen LogP contribution in [0.2, 0.25) is 0 Å². The lowest BCUT2D eigenvalue weighted by atomic mass is 10.0. The lowest BCUT2D eigenvalue weighted by Gasteiger charge is -2.13. The van der Waals surface area contributed by atoms with Crippen LogP contribution in [0.25, 0.3) is 0 Å². The summed E-state index contributed by atoms with van der Waals surface area (Å²) < 4.78 is 10.7. The summed E-state index contributed by atoms with van der Waals surface area (Å²) in [6.45, 7) is 1.06. The van der Waals surface area contributed by atoms with Gasteiger partial charge in [0.1, 0.15) is 12.9 Å². The lowest BCUT2D eigenvalue weighted by molar-refractivity contribution is 0.0465. The maximum Gasteiger partial charge on any atom is 0.147 e. The van der Waals surface area contributed by atoms with Crippen LogP contribution in [0, 0.1) is 0 Å². The van der Waals surface area contributed by atoms with E-state index in [9.17, 15) is 0 Å². The second-order valence-corrected chi connectivity index (χ2v) is 4.43. The first-order chi connectivity index (χ1) is 7.28. The predicted molar refractivity (Wildman–Crippen MR) is 56.2 cm³/mol. The molecule has 3 heteroatoms. The molecule has 0 aromatic heterocycles. The van der Waals surface area contributed by atoms with E-state index >= 15 is 0 Å². The molecule has 0 amide bonds. The molecule has 1 aliphatic heterocycles. The van der Waals surface area contributed by atoms with Gasteiger partial charge in [-0.2, -0.15) is 0 Å². The quantitative estimate of drug-likeness (QED) is 0.799. The molecule has 1 unspecified atom stereocenters. The van der Waals surface area contributed by atoms with Crippen LogP contribution in [0.1, 0.15) is 30.1 Å². The molecule has 1 aliphatic carbocycles. The Kier molecular flexibility index (Phi) is 2.06. The lowest BCUT2D eigenvalue weighted by Crippen LogP contribution is -2.19. The third-order valence-corrected chi connectivity index (χ3v) is 3.24. The normalized spacial score (nSPS) is 27.9. The highest BCUT2D eigenvalue weighted by Gasteiger charge is 2.40. The fraction of sp³-hybridized carbons (Fsp3) is 0.500. The van der Waals surface area contributed by atoms with Crippen LogP contribution in [0.5, 0.6) is 0 Å². The van der Waals surface area contributed by atoms with Crippen molar-refractivity contribution in [1.82, 2.24) is 0 Å². The van der Waals surface area contributed by atoms with Gasteiger partial charge >= 0.3 is 0 Å². The van der Waals surface area contributed by atoms with E-state index in [0.29, 0.717) is 13.4 Å². The van der Waals surface area contributed by atoms with Crippen LogP contribution < -0.4 is 5.73 Å². The topological polar surface area (TPSA) is 44.5 Å². The van der Waals surface area contributed by atoms with Gasteiger partial charge in [-0.15, -0.1) is 0 Å². The molecule has 1 saturated heterocycles. The first kappa shape index (κ1) is 9.33. The average molecular weight is 205 g/mol. The molecular weight excluding hydrogens is 190 g/mol. The highest BCUT2D eigenvalue weighted by atomic mass is 16.7. The van der Waals surface area contributed by atoms with Gasteiger partial charge in [-0.25, -0.2) is 0 Å². The smallest absolute Gasteiger partial charge is 0.147 e. The van der Waals surface area contributed by atoms with Crippen molar-refractivity contribution in [1.29, 1.82) is 0 Å². The third-order valence-electron chi connectivity index (χ3n) is 3.24. The zero-order valence-corrected chi connectivity index (χ0v) is 8.61. The van der Waals surface area contributed by atoms with Crippen molar-refractivity contribution in [2.45, 2.75) is 24.5 Å². The van der Waals surface area contributed by atoms with E-state index in [1.807, 2.05) is 0 Å². The van der Waals surface area contributed by atoms with E-state index < -0.39 is 0 Å². The SMILES string of the molecule is NC1(c2cccc(C3COCO3)c2)CC1. The van der Waals surface area contributed by atoms with Gasteiger partial charge in [0.2, 0.25) is 0 Å². The van der Waals surface area contributed by atoms with Gasteiger partial charge in [-0.1, -0.05) is 24.3 Å². The van der Waals surface area contributed by atoms with Crippen molar-refractivity contribution < 1.29 is 9.47 Å².